The minimum Gasteiger partial charge on any atom is -0.383 e. The Balaban J connectivity index is 1.73. The lowest BCUT2D eigenvalue weighted by molar-refractivity contribution is 0.0948. The maximum atomic E-state index is 11.9. The molecule has 0 saturated heterocycles. The summed E-state index contributed by atoms with van der Waals surface area (Å²) in [6, 6.07) is 0. The van der Waals surface area contributed by atoms with Gasteiger partial charge in [-0.25, -0.2) is 0 Å². The largest absolute Gasteiger partial charge is 0.383 e. The van der Waals surface area contributed by atoms with Crippen LogP contribution in [0, 0.1) is 0 Å². The van der Waals surface area contributed by atoms with Crippen molar-refractivity contribution in [1.29, 1.82) is 0 Å². The molecule has 1 amide bonds. The molecule has 106 valence electrons. The van der Waals surface area contributed by atoms with Crippen LogP contribution in [0.25, 0.3) is 0 Å². The first kappa shape index (κ1) is 14.5. The molecule has 6 nitrogen and oxygen atoms in total. The highest BCUT2D eigenvalue weighted by molar-refractivity contribution is 9.10. The quantitative estimate of drug-likeness (QED) is 0.622. The lowest BCUT2D eigenvalue weighted by Crippen LogP contribution is -2.33. The molecule has 0 aliphatic heterocycles. The van der Waals surface area contributed by atoms with E-state index >= 15 is 0 Å². The van der Waals surface area contributed by atoms with Crippen molar-refractivity contribution < 1.29 is 9.53 Å². The Morgan fingerprint density at radius 2 is 2.26 bits per heavy atom. The van der Waals surface area contributed by atoms with E-state index < -0.39 is 0 Å². The molecule has 1 aliphatic rings. The molecular formula is C12H19BrN4O2. The molecule has 1 fully saturated rings. The van der Waals surface area contributed by atoms with Crippen LogP contribution in [0.5, 0.6) is 0 Å². The van der Waals surface area contributed by atoms with Gasteiger partial charge in [0.1, 0.15) is 0 Å². The van der Waals surface area contributed by atoms with Gasteiger partial charge in [0.2, 0.25) is 0 Å². The lowest BCUT2D eigenvalue weighted by atomic mass is 10.2. The number of methoxy groups -OCH3 is 1. The van der Waals surface area contributed by atoms with Crippen LogP contribution in [0.3, 0.4) is 0 Å². The zero-order valence-corrected chi connectivity index (χ0v) is 12.5. The summed E-state index contributed by atoms with van der Waals surface area (Å²) in [6.45, 7) is 2.74. The zero-order chi connectivity index (χ0) is 13.7. The fourth-order valence-corrected chi connectivity index (χ4v) is 2.46. The van der Waals surface area contributed by atoms with Crippen LogP contribution >= 0.6 is 15.9 Å². The van der Waals surface area contributed by atoms with E-state index in [1.165, 1.54) is 12.8 Å². The molecule has 0 unspecified atom stereocenters. The topological polar surface area (TPSA) is 79.0 Å². The number of nitrogens with zero attached hydrogens (tertiary/aromatic N) is 1. The van der Waals surface area contributed by atoms with E-state index in [1.807, 2.05) is 0 Å². The monoisotopic (exact) mass is 330 g/mol. The van der Waals surface area contributed by atoms with Gasteiger partial charge in [0.25, 0.3) is 5.91 Å². The van der Waals surface area contributed by atoms with Crippen molar-refractivity contribution in [2.24, 2.45) is 0 Å². The number of halogens is 1. The predicted octanol–water partition coefficient (Wildman–Crippen LogP) is 1.02. The number of nitrogens with one attached hydrogen (secondary N) is 3. The molecule has 0 spiro atoms. The number of carbonyl (C=O) groups excluding carboxylic acids is 1. The molecule has 0 radical (unpaired) electrons. The Morgan fingerprint density at radius 3 is 2.95 bits per heavy atom. The van der Waals surface area contributed by atoms with E-state index in [0.29, 0.717) is 31.3 Å². The average molecular weight is 331 g/mol. The third-order valence-corrected chi connectivity index (χ3v) is 3.81. The van der Waals surface area contributed by atoms with Crippen molar-refractivity contribution >= 4 is 21.8 Å². The lowest BCUT2D eigenvalue weighted by Gasteiger charge is -2.05. The average Bonchev–Trinajstić information content (AvgIpc) is 3.17. The van der Waals surface area contributed by atoms with E-state index in [2.05, 4.69) is 36.8 Å². The number of aromatic amines is 1. The Kier molecular flexibility index (Phi) is 5.35. The van der Waals surface area contributed by atoms with Crippen molar-refractivity contribution in [3.63, 3.8) is 0 Å². The molecule has 1 aromatic rings. The number of carbonyl (C=O) groups is 1. The summed E-state index contributed by atoms with van der Waals surface area (Å²) in [6.07, 6.45) is 2.34. The molecule has 0 aromatic carbocycles. The van der Waals surface area contributed by atoms with Crippen molar-refractivity contribution in [1.82, 2.24) is 20.8 Å². The van der Waals surface area contributed by atoms with Gasteiger partial charge < -0.3 is 15.4 Å². The van der Waals surface area contributed by atoms with Crippen molar-refractivity contribution in [3.05, 3.63) is 15.9 Å². The van der Waals surface area contributed by atoms with Crippen LogP contribution in [0.4, 0.5) is 0 Å². The Hall–Kier alpha value is -0.920. The van der Waals surface area contributed by atoms with Crippen LogP contribution in [0.1, 0.15) is 34.9 Å². The first-order chi connectivity index (χ1) is 9.24. The molecule has 1 heterocycles. The molecule has 1 aromatic heterocycles. The standard InChI is InChI=1S/C12H19BrN4O2/c1-19-7-6-14-4-5-15-12(18)11-9(13)10(16-17-11)8-2-3-8/h8,14H,2-7H2,1H3,(H,15,18)(H,16,17). The van der Waals surface area contributed by atoms with Crippen molar-refractivity contribution in [2.75, 3.05) is 33.4 Å². The predicted molar refractivity (Wildman–Crippen MR) is 75.3 cm³/mol. The second-order valence-corrected chi connectivity index (χ2v) is 5.37. The third kappa shape index (κ3) is 4.02. The van der Waals surface area contributed by atoms with Crippen LogP contribution in [-0.4, -0.2) is 49.5 Å². The van der Waals surface area contributed by atoms with Gasteiger partial charge in [-0.15, -0.1) is 0 Å². The van der Waals surface area contributed by atoms with Crippen LogP contribution in [-0.2, 0) is 4.74 Å². The third-order valence-electron chi connectivity index (χ3n) is 3.00. The fraction of sp³-hybridized carbons (Fsp3) is 0.667. The Bertz CT molecular complexity index is 431. The van der Waals surface area contributed by atoms with E-state index in [9.17, 15) is 4.79 Å². The number of hydrogen-bond acceptors (Lipinski definition) is 4. The summed E-state index contributed by atoms with van der Waals surface area (Å²) < 4.78 is 5.72. The van der Waals surface area contributed by atoms with Crippen molar-refractivity contribution in [2.45, 2.75) is 18.8 Å². The number of hydrogen-bond donors (Lipinski definition) is 3. The highest BCUT2D eigenvalue weighted by Crippen LogP contribution is 2.42. The van der Waals surface area contributed by atoms with Gasteiger partial charge in [-0.05, 0) is 28.8 Å². The number of H-pyrrole nitrogens is 1. The SMILES string of the molecule is COCCNCCNC(=O)c1n[nH]c(C2CC2)c1Br. The zero-order valence-electron chi connectivity index (χ0n) is 11.0. The van der Waals surface area contributed by atoms with E-state index in [4.69, 9.17) is 4.74 Å². The minimum atomic E-state index is -0.149. The van der Waals surface area contributed by atoms with Crippen LogP contribution < -0.4 is 10.6 Å². The smallest absolute Gasteiger partial charge is 0.273 e. The summed E-state index contributed by atoms with van der Waals surface area (Å²) in [5.74, 6) is 0.391. The molecule has 1 aliphatic carbocycles. The summed E-state index contributed by atoms with van der Waals surface area (Å²) in [5, 5.41) is 13.0. The minimum absolute atomic E-state index is 0.149. The highest BCUT2D eigenvalue weighted by Gasteiger charge is 2.30. The van der Waals surface area contributed by atoms with E-state index in [0.717, 1.165) is 16.7 Å². The van der Waals surface area contributed by atoms with E-state index in [-0.39, 0.29) is 5.91 Å². The number of rotatable bonds is 8. The molecule has 7 heteroatoms. The Morgan fingerprint density at radius 1 is 1.47 bits per heavy atom. The molecule has 0 bridgehead atoms. The van der Waals surface area contributed by atoms with Gasteiger partial charge in [-0.1, -0.05) is 0 Å². The number of amides is 1. The second kappa shape index (κ2) is 7.02. The highest BCUT2D eigenvalue weighted by atomic mass is 79.9. The summed E-state index contributed by atoms with van der Waals surface area (Å²) in [7, 11) is 1.66. The molecule has 2 rings (SSSR count). The molecule has 0 atom stereocenters. The second-order valence-electron chi connectivity index (χ2n) is 4.57. The van der Waals surface area contributed by atoms with Crippen molar-refractivity contribution in [3.8, 4) is 0 Å². The summed E-state index contributed by atoms with van der Waals surface area (Å²) in [4.78, 5) is 11.9. The van der Waals surface area contributed by atoms with Crippen LogP contribution in [0.15, 0.2) is 4.47 Å². The van der Waals surface area contributed by atoms with Crippen LogP contribution in [0.2, 0.25) is 0 Å². The van der Waals surface area contributed by atoms with E-state index in [1.54, 1.807) is 7.11 Å². The molecule has 19 heavy (non-hydrogen) atoms. The Labute approximate surface area is 120 Å². The van der Waals surface area contributed by atoms with Gasteiger partial charge in [0, 0.05) is 32.7 Å². The maximum absolute atomic E-state index is 11.9. The normalized spacial score (nSPS) is 14.6. The number of ether oxygens (including phenoxy) is 1. The molecule has 1 saturated carbocycles. The number of aromatic nitrogens is 2. The fourth-order valence-electron chi connectivity index (χ4n) is 1.78. The maximum Gasteiger partial charge on any atom is 0.273 e. The van der Waals surface area contributed by atoms with Gasteiger partial charge >= 0.3 is 0 Å². The molecule has 3 N–H and O–H groups in total. The first-order valence-corrected chi connectivity index (χ1v) is 7.25. The van der Waals surface area contributed by atoms with Gasteiger partial charge in [-0.3, -0.25) is 9.89 Å². The van der Waals surface area contributed by atoms with Gasteiger partial charge in [-0.2, -0.15) is 5.10 Å². The summed E-state index contributed by atoms with van der Waals surface area (Å²) >= 11 is 3.45. The first-order valence-electron chi connectivity index (χ1n) is 6.45. The summed E-state index contributed by atoms with van der Waals surface area (Å²) in [5.41, 5.74) is 1.49. The van der Waals surface area contributed by atoms with Gasteiger partial charge in [0.15, 0.2) is 5.69 Å². The molecular weight excluding hydrogens is 312 g/mol. The van der Waals surface area contributed by atoms with Gasteiger partial charge in [0.05, 0.1) is 16.8 Å².